The van der Waals surface area contributed by atoms with Crippen LogP contribution in [0.15, 0.2) is 85.1 Å². The van der Waals surface area contributed by atoms with Crippen molar-refractivity contribution in [3.05, 3.63) is 85.1 Å². The molecule has 0 aromatic heterocycles. The number of aliphatic hydroxyl groups excluding tert-OH is 1. The van der Waals surface area contributed by atoms with E-state index < -0.39 is 6.10 Å². The summed E-state index contributed by atoms with van der Waals surface area (Å²) in [7, 11) is 0. The molecule has 47 heavy (non-hydrogen) atoms. The van der Waals surface area contributed by atoms with Crippen LogP contribution in [0.2, 0.25) is 0 Å². The first-order valence-electron chi connectivity index (χ1n) is 19.2. The van der Waals surface area contributed by atoms with Crippen LogP contribution in [-0.4, -0.2) is 37.0 Å². The summed E-state index contributed by atoms with van der Waals surface area (Å²) in [5, 5.41) is 9.57. The second-order valence-electron chi connectivity index (χ2n) is 12.3. The summed E-state index contributed by atoms with van der Waals surface area (Å²) in [5.74, 6) is -0.228. The predicted molar refractivity (Wildman–Crippen MR) is 205 cm³/mol. The second kappa shape index (κ2) is 39.7. The van der Waals surface area contributed by atoms with E-state index in [1.807, 2.05) is 0 Å². The van der Waals surface area contributed by atoms with Crippen molar-refractivity contribution in [1.82, 2.24) is 0 Å². The number of allylic oxidation sites excluding steroid dienone is 14. The van der Waals surface area contributed by atoms with Gasteiger partial charge in [-0.25, -0.2) is 0 Å². The Labute approximate surface area is 290 Å². The Bertz CT molecular complexity index is 861. The number of esters is 1. The van der Waals surface area contributed by atoms with Gasteiger partial charge in [-0.1, -0.05) is 144 Å². The molecule has 0 spiro atoms. The maximum Gasteiger partial charge on any atom is 0.306 e. The van der Waals surface area contributed by atoms with E-state index in [0.717, 1.165) is 83.5 Å². The molecule has 0 saturated carbocycles. The number of carbonyl (C=O) groups excluding carboxylic acids is 1. The normalized spacial score (nSPS) is 13.3. The molecule has 1 N–H and O–H groups in total. The third-order valence-electron chi connectivity index (χ3n) is 7.70. The number of aliphatic hydroxyl groups is 1. The molecule has 4 heteroatoms. The lowest BCUT2D eigenvalue weighted by Crippen LogP contribution is -2.27. The topological polar surface area (TPSA) is 55.8 Å². The number of unbranched alkanes of at least 4 members (excludes halogenated alkanes) is 12. The monoisotopic (exact) mass is 653 g/mol. The number of carbonyl (C=O) groups is 1. The zero-order valence-electron chi connectivity index (χ0n) is 30.5. The van der Waals surface area contributed by atoms with Gasteiger partial charge in [-0.15, -0.1) is 0 Å². The van der Waals surface area contributed by atoms with Crippen molar-refractivity contribution in [2.45, 2.75) is 161 Å². The Morgan fingerprint density at radius 1 is 0.532 bits per heavy atom. The Morgan fingerprint density at radius 3 is 1.45 bits per heavy atom. The third-order valence-corrected chi connectivity index (χ3v) is 7.70. The van der Waals surface area contributed by atoms with Crippen LogP contribution < -0.4 is 0 Å². The fourth-order valence-corrected chi connectivity index (χ4v) is 4.85. The highest BCUT2D eigenvalue weighted by atomic mass is 16.6. The molecule has 0 radical (unpaired) electrons. The molecule has 0 bridgehead atoms. The van der Waals surface area contributed by atoms with E-state index in [1.165, 1.54) is 51.4 Å². The smallest absolute Gasteiger partial charge is 0.306 e. The van der Waals surface area contributed by atoms with Crippen molar-refractivity contribution in [3.63, 3.8) is 0 Å². The van der Waals surface area contributed by atoms with Gasteiger partial charge in [0.05, 0.1) is 13.2 Å². The minimum Gasteiger partial charge on any atom is -0.457 e. The highest BCUT2D eigenvalue weighted by Crippen LogP contribution is 2.10. The lowest BCUT2D eigenvalue weighted by molar-refractivity contribution is -0.154. The molecule has 4 nitrogen and oxygen atoms in total. The number of hydrogen-bond donors (Lipinski definition) is 1. The Balaban J connectivity index is 3.57. The molecule has 1 unspecified atom stereocenters. The van der Waals surface area contributed by atoms with Crippen molar-refractivity contribution in [3.8, 4) is 0 Å². The van der Waals surface area contributed by atoms with Gasteiger partial charge in [-0.3, -0.25) is 4.79 Å². The molecule has 0 aliphatic heterocycles. The van der Waals surface area contributed by atoms with Gasteiger partial charge >= 0.3 is 5.97 Å². The lowest BCUT2D eigenvalue weighted by atomic mass is 10.1. The summed E-state index contributed by atoms with van der Waals surface area (Å²) in [4.78, 5) is 12.2. The molecule has 0 aromatic rings. The lowest BCUT2D eigenvalue weighted by Gasteiger charge is -2.15. The van der Waals surface area contributed by atoms with Gasteiger partial charge in [0.2, 0.25) is 0 Å². The van der Waals surface area contributed by atoms with Gasteiger partial charge in [0, 0.05) is 13.0 Å². The molecule has 0 heterocycles. The minimum atomic E-state index is -0.559. The quantitative estimate of drug-likeness (QED) is 0.0427. The second-order valence-corrected chi connectivity index (χ2v) is 12.3. The largest absolute Gasteiger partial charge is 0.457 e. The molecule has 0 rings (SSSR count). The molecular formula is C43H72O4. The van der Waals surface area contributed by atoms with E-state index in [2.05, 4.69) is 98.9 Å². The molecule has 0 fully saturated rings. The van der Waals surface area contributed by atoms with Crippen LogP contribution in [-0.2, 0) is 14.3 Å². The molecular weight excluding hydrogens is 580 g/mol. The van der Waals surface area contributed by atoms with Gasteiger partial charge < -0.3 is 14.6 Å². The van der Waals surface area contributed by atoms with E-state index in [-0.39, 0.29) is 19.2 Å². The van der Waals surface area contributed by atoms with Gasteiger partial charge in [-0.2, -0.15) is 0 Å². The van der Waals surface area contributed by atoms with Gasteiger partial charge in [-0.05, 0) is 89.9 Å². The highest BCUT2D eigenvalue weighted by Gasteiger charge is 2.13. The van der Waals surface area contributed by atoms with Crippen LogP contribution in [0.25, 0.3) is 0 Å². The first kappa shape index (κ1) is 44.6. The summed E-state index contributed by atoms with van der Waals surface area (Å²) >= 11 is 0. The van der Waals surface area contributed by atoms with Crippen molar-refractivity contribution in [2.75, 3.05) is 19.8 Å². The molecule has 0 saturated heterocycles. The summed E-state index contributed by atoms with van der Waals surface area (Å²) in [6.45, 7) is 5.11. The Kier molecular flexibility index (Phi) is 37.7. The van der Waals surface area contributed by atoms with Crippen LogP contribution >= 0.6 is 0 Å². The molecule has 0 aromatic carbocycles. The highest BCUT2D eigenvalue weighted by molar-refractivity contribution is 5.69. The van der Waals surface area contributed by atoms with E-state index in [1.54, 1.807) is 0 Å². The van der Waals surface area contributed by atoms with E-state index >= 15 is 0 Å². The maximum absolute atomic E-state index is 12.2. The van der Waals surface area contributed by atoms with E-state index in [9.17, 15) is 9.90 Å². The van der Waals surface area contributed by atoms with E-state index in [0.29, 0.717) is 13.0 Å². The number of hydrogen-bond acceptors (Lipinski definition) is 4. The standard InChI is InChI=1S/C43H72O4/c1-3-5-7-9-11-13-15-17-19-20-21-22-23-25-27-29-31-33-35-37-39-46-41-42(40-44)47-43(45)38-36-34-32-30-28-26-24-18-16-14-12-10-8-6-4-2/h5,7,11-14,17-19,21-22,24-25,27,42,44H,3-4,6,8-10,15-16,20,23,26,28-41H2,1-2H3/b7-5-,13-11-,14-12-,19-17-,22-21-,24-18-,27-25-. The van der Waals surface area contributed by atoms with Crippen molar-refractivity contribution < 1.29 is 19.4 Å². The molecule has 0 aliphatic rings. The summed E-state index contributed by atoms with van der Waals surface area (Å²) in [6.07, 6.45) is 54.8. The predicted octanol–water partition coefficient (Wildman–Crippen LogP) is 12.4. The minimum absolute atomic E-state index is 0.193. The third kappa shape index (κ3) is 37.9. The summed E-state index contributed by atoms with van der Waals surface area (Å²) in [6, 6.07) is 0. The average molecular weight is 653 g/mol. The summed E-state index contributed by atoms with van der Waals surface area (Å²) < 4.78 is 11.1. The van der Waals surface area contributed by atoms with Crippen LogP contribution in [0.5, 0.6) is 0 Å². The number of ether oxygens (including phenoxy) is 2. The zero-order valence-corrected chi connectivity index (χ0v) is 30.5. The van der Waals surface area contributed by atoms with Gasteiger partial charge in [0.1, 0.15) is 6.10 Å². The average Bonchev–Trinajstić information content (AvgIpc) is 3.08. The molecule has 268 valence electrons. The Hall–Kier alpha value is -2.43. The van der Waals surface area contributed by atoms with Crippen LogP contribution in [0.3, 0.4) is 0 Å². The number of rotatable bonds is 34. The fourth-order valence-electron chi connectivity index (χ4n) is 4.85. The van der Waals surface area contributed by atoms with Gasteiger partial charge in [0.25, 0.3) is 0 Å². The summed E-state index contributed by atoms with van der Waals surface area (Å²) in [5.41, 5.74) is 0. The van der Waals surface area contributed by atoms with Crippen molar-refractivity contribution in [1.29, 1.82) is 0 Å². The Morgan fingerprint density at radius 2 is 0.957 bits per heavy atom. The molecule has 1 atom stereocenters. The SMILES string of the molecule is CC/C=C\C/C=C\C/C=C\C/C=C\C/C=C\CCCCCCOCC(CO)OC(=O)CCCCCCC/C=C\C/C=C\CCCCC. The van der Waals surface area contributed by atoms with Crippen LogP contribution in [0.1, 0.15) is 155 Å². The van der Waals surface area contributed by atoms with Crippen LogP contribution in [0, 0.1) is 0 Å². The van der Waals surface area contributed by atoms with Crippen LogP contribution in [0.4, 0.5) is 0 Å². The first-order valence-corrected chi connectivity index (χ1v) is 19.2. The van der Waals surface area contributed by atoms with E-state index in [4.69, 9.17) is 9.47 Å². The fraction of sp³-hybridized carbons (Fsp3) is 0.651. The molecule has 0 amide bonds. The van der Waals surface area contributed by atoms with Crippen molar-refractivity contribution in [2.24, 2.45) is 0 Å². The maximum atomic E-state index is 12.2. The first-order chi connectivity index (χ1) is 23.2. The van der Waals surface area contributed by atoms with Gasteiger partial charge in [0.15, 0.2) is 0 Å². The molecule has 0 aliphatic carbocycles. The van der Waals surface area contributed by atoms with Crippen molar-refractivity contribution >= 4 is 5.97 Å². The zero-order chi connectivity index (χ0) is 34.1.